The molecule has 0 aliphatic rings. The minimum Gasteiger partial charge on any atom is -0.273 e. The maximum atomic E-state index is 13.7. The second-order valence-electron chi connectivity index (χ2n) is 4.75. The molecular formula is C13H10FN3O6S. The van der Waals surface area contributed by atoms with E-state index in [1.807, 2.05) is 4.72 Å². The van der Waals surface area contributed by atoms with Gasteiger partial charge in [-0.25, -0.2) is 8.42 Å². The van der Waals surface area contributed by atoms with Gasteiger partial charge in [-0.15, -0.1) is 0 Å². The van der Waals surface area contributed by atoms with Crippen LogP contribution in [0.4, 0.5) is 21.5 Å². The highest BCUT2D eigenvalue weighted by atomic mass is 32.2. The van der Waals surface area contributed by atoms with E-state index in [1.54, 1.807) is 6.92 Å². The zero-order valence-corrected chi connectivity index (χ0v) is 12.9. The van der Waals surface area contributed by atoms with Crippen LogP contribution >= 0.6 is 0 Å². The first kappa shape index (κ1) is 17.3. The van der Waals surface area contributed by atoms with Crippen LogP contribution in [-0.2, 0) is 10.0 Å². The lowest BCUT2D eigenvalue weighted by atomic mass is 10.2. The molecule has 0 bridgehead atoms. The number of rotatable bonds is 5. The Labute approximate surface area is 135 Å². The molecule has 126 valence electrons. The summed E-state index contributed by atoms with van der Waals surface area (Å²) in [7, 11) is -4.23. The quantitative estimate of drug-likeness (QED) is 0.647. The fourth-order valence-electron chi connectivity index (χ4n) is 1.84. The van der Waals surface area contributed by atoms with Crippen LogP contribution in [0.5, 0.6) is 0 Å². The van der Waals surface area contributed by atoms with Crippen LogP contribution in [-0.4, -0.2) is 18.3 Å². The minimum absolute atomic E-state index is 0.193. The first-order chi connectivity index (χ1) is 11.1. The summed E-state index contributed by atoms with van der Waals surface area (Å²) in [6.07, 6.45) is 0. The molecule has 0 unspecified atom stereocenters. The number of hydrogen-bond acceptors (Lipinski definition) is 6. The number of hydrogen-bond donors (Lipinski definition) is 1. The molecule has 0 fully saturated rings. The molecule has 2 rings (SSSR count). The number of anilines is 1. The van der Waals surface area contributed by atoms with Gasteiger partial charge in [0.05, 0.1) is 20.8 Å². The predicted octanol–water partition coefficient (Wildman–Crippen LogP) is 2.75. The largest absolute Gasteiger partial charge is 0.311 e. The summed E-state index contributed by atoms with van der Waals surface area (Å²) >= 11 is 0. The standard InChI is InChI=1S/C13H10FN3O6S/c1-8-2-4-9(5-3-8)24(22,23)15-11-6-10(14)12(16(18)19)7-13(11)17(20)21/h2-7,15H,1H3. The maximum Gasteiger partial charge on any atom is 0.311 e. The fourth-order valence-corrected chi connectivity index (χ4v) is 2.91. The summed E-state index contributed by atoms with van der Waals surface area (Å²) in [5.74, 6) is -1.40. The Kier molecular flexibility index (Phi) is 4.46. The van der Waals surface area contributed by atoms with Gasteiger partial charge < -0.3 is 0 Å². The summed E-state index contributed by atoms with van der Waals surface area (Å²) in [4.78, 5) is 19.3. The minimum atomic E-state index is -4.23. The Morgan fingerprint density at radius 1 is 1.00 bits per heavy atom. The van der Waals surface area contributed by atoms with Gasteiger partial charge in [0.2, 0.25) is 5.82 Å². The van der Waals surface area contributed by atoms with E-state index in [0.29, 0.717) is 12.1 Å². The second-order valence-corrected chi connectivity index (χ2v) is 6.44. The number of halogens is 1. The van der Waals surface area contributed by atoms with Crippen molar-refractivity contribution in [3.63, 3.8) is 0 Å². The van der Waals surface area contributed by atoms with Crippen molar-refractivity contribution >= 4 is 27.1 Å². The average molecular weight is 355 g/mol. The first-order valence-corrected chi connectivity index (χ1v) is 7.82. The number of benzene rings is 2. The molecule has 0 aliphatic carbocycles. The Morgan fingerprint density at radius 2 is 1.54 bits per heavy atom. The lowest BCUT2D eigenvalue weighted by Gasteiger charge is -2.09. The molecule has 1 N–H and O–H groups in total. The number of nitro groups is 2. The molecule has 2 aromatic carbocycles. The SMILES string of the molecule is Cc1ccc(S(=O)(=O)Nc2cc(F)c([N+](=O)[O-])cc2[N+](=O)[O-])cc1. The highest BCUT2D eigenvalue weighted by Gasteiger charge is 2.27. The van der Waals surface area contributed by atoms with Gasteiger partial charge in [0, 0.05) is 6.07 Å². The molecule has 9 nitrogen and oxygen atoms in total. The smallest absolute Gasteiger partial charge is 0.273 e. The van der Waals surface area contributed by atoms with Gasteiger partial charge in [-0.2, -0.15) is 4.39 Å². The van der Waals surface area contributed by atoms with Crippen molar-refractivity contribution in [3.05, 3.63) is 68.0 Å². The van der Waals surface area contributed by atoms with Crippen molar-refractivity contribution in [1.29, 1.82) is 0 Å². The van der Waals surface area contributed by atoms with E-state index < -0.39 is 42.7 Å². The van der Waals surface area contributed by atoms with Crippen molar-refractivity contribution in [2.45, 2.75) is 11.8 Å². The van der Waals surface area contributed by atoms with Crippen LogP contribution in [0.1, 0.15) is 5.56 Å². The molecule has 24 heavy (non-hydrogen) atoms. The van der Waals surface area contributed by atoms with Crippen LogP contribution in [0.15, 0.2) is 41.3 Å². The number of sulfonamides is 1. The van der Waals surface area contributed by atoms with Crippen molar-refractivity contribution in [2.24, 2.45) is 0 Å². The molecule has 0 saturated heterocycles. The highest BCUT2D eigenvalue weighted by Crippen LogP contribution is 2.33. The van der Waals surface area contributed by atoms with E-state index in [2.05, 4.69) is 0 Å². The average Bonchev–Trinajstić information content (AvgIpc) is 2.46. The lowest BCUT2D eigenvalue weighted by Crippen LogP contribution is -2.14. The number of nitrogens with zero attached hydrogens (tertiary/aromatic N) is 2. The third-order valence-corrected chi connectivity index (χ3v) is 4.42. The van der Waals surface area contributed by atoms with Gasteiger partial charge in [-0.1, -0.05) is 17.7 Å². The van der Waals surface area contributed by atoms with Crippen LogP contribution in [0.2, 0.25) is 0 Å². The molecule has 2 aromatic rings. The van der Waals surface area contributed by atoms with E-state index in [0.717, 1.165) is 5.56 Å². The molecule has 0 aliphatic heterocycles. The fraction of sp³-hybridized carbons (Fsp3) is 0.0769. The molecule has 0 saturated carbocycles. The second kappa shape index (κ2) is 6.20. The summed E-state index contributed by atoms with van der Waals surface area (Å²) in [5, 5.41) is 21.7. The Bertz CT molecular complexity index is 927. The van der Waals surface area contributed by atoms with E-state index in [4.69, 9.17) is 0 Å². The third kappa shape index (κ3) is 3.46. The van der Waals surface area contributed by atoms with Gasteiger partial charge in [0.25, 0.3) is 15.7 Å². The molecular weight excluding hydrogens is 345 g/mol. The third-order valence-electron chi connectivity index (χ3n) is 3.03. The molecule has 0 aromatic heterocycles. The molecule has 0 atom stereocenters. The zero-order valence-electron chi connectivity index (χ0n) is 12.1. The van der Waals surface area contributed by atoms with E-state index in [-0.39, 0.29) is 4.90 Å². The number of aryl methyl sites for hydroxylation is 1. The normalized spacial score (nSPS) is 11.1. The van der Waals surface area contributed by atoms with Crippen molar-refractivity contribution < 1.29 is 22.7 Å². The monoisotopic (exact) mass is 355 g/mol. The molecule has 0 amide bonds. The number of nitrogens with one attached hydrogen (secondary N) is 1. The van der Waals surface area contributed by atoms with Crippen LogP contribution in [0.3, 0.4) is 0 Å². The van der Waals surface area contributed by atoms with Gasteiger partial charge in [0.1, 0.15) is 5.69 Å². The van der Waals surface area contributed by atoms with Crippen LogP contribution in [0, 0.1) is 33.0 Å². The Balaban J connectivity index is 2.52. The lowest BCUT2D eigenvalue weighted by molar-refractivity contribution is -0.395. The first-order valence-electron chi connectivity index (χ1n) is 6.33. The summed E-state index contributed by atoms with van der Waals surface area (Å²) in [6, 6.07) is 6.33. The Hall–Kier alpha value is -3.08. The summed E-state index contributed by atoms with van der Waals surface area (Å²) < 4.78 is 40.0. The number of nitro benzene ring substituents is 2. The van der Waals surface area contributed by atoms with Gasteiger partial charge in [-0.3, -0.25) is 25.0 Å². The zero-order chi connectivity index (χ0) is 18.1. The molecule has 11 heteroatoms. The van der Waals surface area contributed by atoms with Gasteiger partial charge >= 0.3 is 5.69 Å². The summed E-state index contributed by atoms with van der Waals surface area (Å²) in [6.45, 7) is 1.74. The van der Waals surface area contributed by atoms with Crippen molar-refractivity contribution in [3.8, 4) is 0 Å². The van der Waals surface area contributed by atoms with Crippen LogP contribution < -0.4 is 4.72 Å². The summed E-state index contributed by atoms with van der Waals surface area (Å²) in [5.41, 5.74) is -1.97. The molecule has 0 spiro atoms. The Morgan fingerprint density at radius 3 is 2.04 bits per heavy atom. The van der Waals surface area contributed by atoms with Gasteiger partial charge in [-0.05, 0) is 19.1 Å². The van der Waals surface area contributed by atoms with E-state index >= 15 is 0 Å². The predicted molar refractivity (Wildman–Crippen MR) is 81.7 cm³/mol. The van der Waals surface area contributed by atoms with E-state index in [9.17, 15) is 33.0 Å². The van der Waals surface area contributed by atoms with Gasteiger partial charge in [0.15, 0.2) is 0 Å². The highest BCUT2D eigenvalue weighted by molar-refractivity contribution is 7.92. The van der Waals surface area contributed by atoms with Crippen molar-refractivity contribution in [2.75, 3.05) is 4.72 Å². The maximum absolute atomic E-state index is 13.7. The molecule has 0 heterocycles. The van der Waals surface area contributed by atoms with E-state index in [1.165, 1.54) is 24.3 Å². The van der Waals surface area contributed by atoms with Crippen molar-refractivity contribution in [1.82, 2.24) is 0 Å². The van der Waals surface area contributed by atoms with Crippen LogP contribution in [0.25, 0.3) is 0 Å². The topological polar surface area (TPSA) is 132 Å². The molecule has 0 radical (unpaired) electrons.